The normalized spacial score (nSPS) is 23.3. The van der Waals surface area contributed by atoms with Gasteiger partial charge in [-0.3, -0.25) is 4.79 Å². The third-order valence-corrected chi connectivity index (χ3v) is 5.60. The van der Waals surface area contributed by atoms with Crippen LogP contribution in [0.3, 0.4) is 0 Å². The van der Waals surface area contributed by atoms with Crippen molar-refractivity contribution in [3.63, 3.8) is 0 Å². The number of carbonyl (C=O) groups excluding carboxylic acids is 1. The minimum atomic E-state index is -0.0534. The van der Waals surface area contributed by atoms with Gasteiger partial charge in [0.05, 0.1) is 5.69 Å². The molecule has 1 aliphatic rings. The smallest absolute Gasteiger partial charge is 0.265 e. The second-order valence-corrected chi connectivity index (χ2v) is 7.31. The highest BCUT2D eigenvalue weighted by atomic mass is 32.1. The number of ether oxygens (including phenoxy) is 1. The van der Waals surface area contributed by atoms with E-state index >= 15 is 0 Å². The van der Waals surface area contributed by atoms with E-state index in [0.29, 0.717) is 18.6 Å². The number of hydrogen-bond donors (Lipinski definition) is 0. The molecule has 0 saturated carbocycles. The molecule has 5 nitrogen and oxygen atoms in total. The topological polar surface area (TPSA) is 45.7 Å². The molecule has 0 aromatic carbocycles. The van der Waals surface area contributed by atoms with E-state index in [0.717, 1.165) is 28.7 Å². The zero-order valence-corrected chi connectivity index (χ0v) is 15.2. The lowest BCUT2D eigenvalue weighted by atomic mass is 10.1. The van der Waals surface area contributed by atoms with Crippen LogP contribution >= 0.6 is 11.3 Å². The van der Waals surface area contributed by atoms with Crippen molar-refractivity contribution in [1.82, 2.24) is 14.8 Å². The number of likely N-dealkylation sites (tertiary alicyclic amines) is 1. The van der Waals surface area contributed by atoms with Gasteiger partial charge in [-0.1, -0.05) is 6.92 Å². The summed E-state index contributed by atoms with van der Waals surface area (Å²) in [7, 11) is 4.16. The summed E-state index contributed by atoms with van der Waals surface area (Å²) < 4.78 is 5.58. The first kappa shape index (κ1) is 17.4. The summed E-state index contributed by atoms with van der Waals surface area (Å²) in [5.74, 6) is 0.607. The Morgan fingerprint density at radius 2 is 2.18 bits per heavy atom. The lowest BCUT2D eigenvalue weighted by Crippen LogP contribution is -2.35. The van der Waals surface area contributed by atoms with Gasteiger partial charge in [0.15, 0.2) is 0 Å². The number of amides is 1. The first-order valence-electron chi connectivity index (χ1n) is 7.89. The number of nitrogens with zero attached hydrogens (tertiary/aromatic N) is 3. The average molecular weight is 325 g/mol. The van der Waals surface area contributed by atoms with Crippen LogP contribution in [-0.2, 0) is 4.74 Å². The van der Waals surface area contributed by atoms with Crippen molar-refractivity contribution in [2.24, 2.45) is 5.92 Å². The van der Waals surface area contributed by atoms with Gasteiger partial charge in [0.25, 0.3) is 5.91 Å². The average Bonchev–Trinajstić information content (AvgIpc) is 3.02. The van der Waals surface area contributed by atoms with Crippen LogP contribution in [0.15, 0.2) is 0 Å². The second kappa shape index (κ2) is 7.06. The first-order valence-corrected chi connectivity index (χ1v) is 8.71. The fraction of sp³-hybridized carbons (Fsp3) is 0.750. The molecule has 1 aromatic rings. The number of thiazole rings is 1. The van der Waals surface area contributed by atoms with Crippen LogP contribution in [-0.4, -0.2) is 60.5 Å². The predicted molar refractivity (Wildman–Crippen MR) is 89.4 cm³/mol. The highest BCUT2D eigenvalue weighted by Crippen LogP contribution is 2.29. The number of aryl methyl sites for hydroxylation is 1. The van der Waals surface area contributed by atoms with E-state index in [1.54, 1.807) is 0 Å². The molecule has 2 rings (SSSR count). The van der Waals surface area contributed by atoms with Crippen LogP contribution in [0.25, 0.3) is 0 Å². The van der Waals surface area contributed by atoms with Gasteiger partial charge in [-0.25, -0.2) is 4.98 Å². The molecule has 2 heterocycles. The Morgan fingerprint density at radius 1 is 1.50 bits per heavy atom. The number of hydrogen-bond acceptors (Lipinski definition) is 5. The molecule has 1 amide bonds. The van der Waals surface area contributed by atoms with Crippen molar-refractivity contribution in [3.05, 3.63) is 15.6 Å². The van der Waals surface area contributed by atoms with Crippen LogP contribution < -0.4 is 0 Å². The third-order valence-electron chi connectivity index (χ3n) is 4.29. The van der Waals surface area contributed by atoms with E-state index in [1.807, 2.05) is 25.7 Å². The zero-order valence-electron chi connectivity index (χ0n) is 14.4. The van der Waals surface area contributed by atoms with Gasteiger partial charge in [0, 0.05) is 25.7 Å². The van der Waals surface area contributed by atoms with Crippen molar-refractivity contribution in [2.45, 2.75) is 39.8 Å². The summed E-state index contributed by atoms with van der Waals surface area (Å²) in [5, 5.41) is 0.888. The molecule has 1 saturated heterocycles. The van der Waals surface area contributed by atoms with E-state index in [1.165, 1.54) is 11.3 Å². The Labute approximate surface area is 137 Å². The summed E-state index contributed by atoms with van der Waals surface area (Å²) in [6.07, 6.45) is -0.0534. The summed E-state index contributed by atoms with van der Waals surface area (Å²) in [6, 6.07) is 0.430. The van der Waals surface area contributed by atoms with Gasteiger partial charge >= 0.3 is 0 Å². The molecule has 0 radical (unpaired) electrons. The molecule has 0 unspecified atom stereocenters. The number of carbonyl (C=O) groups is 1. The summed E-state index contributed by atoms with van der Waals surface area (Å²) in [4.78, 5) is 22.3. The molecular weight excluding hydrogens is 298 g/mol. The van der Waals surface area contributed by atoms with Crippen molar-refractivity contribution < 1.29 is 9.53 Å². The van der Waals surface area contributed by atoms with Crippen LogP contribution in [0.2, 0.25) is 0 Å². The summed E-state index contributed by atoms with van der Waals surface area (Å²) in [6.45, 7) is 10.3. The molecular formula is C16H27N3O2S. The van der Waals surface area contributed by atoms with Crippen molar-refractivity contribution in [3.8, 4) is 0 Å². The molecule has 22 heavy (non-hydrogen) atoms. The van der Waals surface area contributed by atoms with E-state index in [4.69, 9.17) is 4.74 Å². The lowest BCUT2D eigenvalue weighted by molar-refractivity contribution is 0.0761. The largest absolute Gasteiger partial charge is 0.372 e. The predicted octanol–water partition coefficient (Wildman–Crippen LogP) is 2.57. The quantitative estimate of drug-likeness (QED) is 0.835. The molecule has 1 aliphatic heterocycles. The van der Waals surface area contributed by atoms with Crippen LogP contribution in [0.1, 0.15) is 47.2 Å². The molecule has 0 bridgehead atoms. The maximum absolute atomic E-state index is 12.8. The molecule has 3 atom stereocenters. The Hall–Kier alpha value is -0.980. The minimum Gasteiger partial charge on any atom is -0.372 e. The first-order chi connectivity index (χ1) is 10.3. The SMILES string of the molecule is CCO[C@H](C)c1nc(C)c(C(=O)N2C[C@@H](C)[C@H](N(C)C)C2)s1. The number of likely N-dealkylation sites (N-methyl/N-ethyl adjacent to an activating group) is 1. The Balaban J connectivity index is 2.13. The van der Waals surface area contributed by atoms with Crippen LogP contribution in [0.5, 0.6) is 0 Å². The maximum atomic E-state index is 12.8. The van der Waals surface area contributed by atoms with Crippen LogP contribution in [0.4, 0.5) is 0 Å². The molecule has 6 heteroatoms. The molecule has 0 N–H and O–H groups in total. The van der Waals surface area contributed by atoms with E-state index in [2.05, 4.69) is 30.9 Å². The van der Waals surface area contributed by atoms with Gasteiger partial charge in [-0.15, -0.1) is 11.3 Å². The molecule has 1 fully saturated rings. The van der Waals surface area contributed by atoms with E-state index < -0.39 is 0 Å². The van der Waals surface area contributed by atoms with Gasteiger partial charge in [0.2, 0.25) is 0 Å². The fourth-order valence-corrected chi connectivity index (χ4v) is 4.08. The maximum Gasteiger partial charge on any atom is 0.265 e. The van der Waals surface area contributed by atoms with Gasteiger partial charge < -0.3 is 14.5 Å². The van der Waals surface area contributed by atoms with Crippen molar-refractivity contribution in [2.75, 3.05) is 33.8 Å². The summed E-state index contributed by atoms with van der Waals surface area (Å²) in [5.41, 5.74) is 0.817. The van der Waals surface area contributed by atoms with Crippen LogP contribution in [0, 0.1) is 12.8 Å². The molecule has 1 aromatic heterocycles. The Bertz CT molecular complexity index is 529. The van der Waals surface area contributed by atoms with Crippen molar-refractivity contribution in [1.29, 1.82) is 0 Å². The highest BCUT2D eigenvalue weighted by Gasteiger charge is 2.35. The Kier molecular flexibility index (Phi) is 5.58. The van der Waals surface area contributed by atoms with Gasteiger partial charge in [-0.2, -0.15) is 0 Å². The van der Waals surface area contributed by atoms with Gasteiger partial charge in [0.1, 0.15) is 16.0 Å². The fourth-order valence-electron chi connectivity index (χ4n) is 3.04. The monoisotopic (exact) mass is 325 g/mol. The minimum absolute atomic E-state index is 0.0534. The lowest BCUT2D eigenvalue weighted by Gasteiger charge is -2.22. The number of rotatable bonds is 5. The van der Waals surface area contributed by atoms with E-state index in [9.17, 15) is 4.79 Å². The third kappa shape index (κ3) is 3.50. The van der Waals surface area contributed by atoms with Crippen molar-refractivity contribution >= 4 is 17.2 Å². The molecule has 124 valence electrons. The molecule has 0 aliphatic carbocycles. The summed E-state index contributed by atoms with van der Waals surface area (Å²) >= 11 is 1.47. The number of aromatic nitrogens is 1. The zero-order chi connectivity index (χ0) is 16.4. The highest BCUT2D eigenvalue weighted by molar-refractivity contribution is 7.13. The molecule has 0 spiro atoms. The Morgan fingerprint density at radius 3 is 2.73 bits per heavy atom. The van der Waals surface area contributed by atoms with E-state index in [-0.39, 0.29) is 12.0 Å². The standard InChI is InChI=1S/C16H27N3O2S/c1-7-21-12(4)15-17-11(3)14(22-15)16(20)19-8-10(2)13(9-19)18(5)6/h10,12-13H,7-9H2,1-6H3/t10-,12-,13-/m1/s1. The second-order valence-electron chi connectivity index (χ2n) is 6.28. The van der Waals surface area contributed by atoms with Gasteiger partial charge in [-0.05, 0) is 40.8 Å².